The molecule has 7 nitrogen and oxygen atoms in total. The first-order valence-electron chi connectivity index (χ1n) is 10.9. The second kappa shape index (κ2) is 7.70. The van der Waals surface area contributed by atoms with E-state index in [1.807, 2.05) is 6.20 Å². The molecule has 1 amide bonds. The lowest BCUT2D eigenvalue weighted by Gasteiger charge is -2.42. The summed E-state index contributed by atoms with van der Waals surface area (Å²) in [7, 11) is 0. The number of nitrogens with one attached hydrogen (secondary N) is 1. The molecule has 0 aliphatic carbocycles. The summed E-state index contributed by atoms with van der Waals surface area (Å²) >= 11 is 0. The Morgan fingerprint density at radius 1 is 1.00 bits per heavy atom. The third-order valence-corrected chi connectivity index (χ3v) is 6.83. The van der Waals surface area contributed by atoms with E-state index in [1.54, 1.807) is 6.33 Å². The number of hydrogen-bond donors (Lipinski definition) is 1. The molecule has 0 bridgehead atoms. The van der Waals surface area contributed by atoms with Crippen LogP contribution < -0.4 is 4.90 Å². The van der Waals surface area contributed by atoms with Crippen LogP contribution in [0, 0.1) is 5.92 Å². The number of carbonyl (C=O) groups is 1. The number of nitrogens with zero attached hydrogens (tertiary/aromatic N) is 5. The predicted octanol–water partition coefficient (Wildman–Crippen LogP) is 2.26. The molecule has 1 N–H and O–H groups in total. The maximum Gasteiger partial charge on any atom is 0.226 e. The number of aromatic amines is 1. The summed E-state index contributed by atoms with van der Waals surface area (Å²) in [6, 6.07) is 2.66. The Hall–Kier alpha value is -2.15. The van der Waals surface area contributed by atoms with Crippen LogP contribution in [0.4, 0.5) is 5.82 Å². The molecule has 28 heavy (non-hydrogen) atoms. The molecule has 3 aliphatic rings. The molecule has 0 saturated carbocycles. The zero-order valence-corrected chi connectivity index (χ0v) is 16.5. The third-order valence-electron chi connectivity index (χ3n) is 6.83. The first-order chi connectivity index (χ1) is 13.8. The molecule has 3 fully saturated rings. The van der Waals surface area contributed by atoms with E-state index in [9.17, 15) is 4.79 Å². The minimum atomic E-state index is 0.214. The van der Waals surface area contributed by atoms with E-state index in [4.69, 9.17) is 0 Å². The number of aromatic nitrogens is 3. The average molecular weight is 383 g/mol. The highest BCUT2D eigenvalue weighted by molar-refractivity contribution is 5.87. The summed E-state index contributed by atoms with van der Waals surface area (Å²) in [5.41, 5.74) is 0.909. The van der Waals surface area contributed by atoms with Crippen LogP contribution >= 0.6 is 0 Å². The summed E-state index contributed by atoms with van der Waals surface area (Å²) in [5.74, 6) is 1.67. The van der Waals surface area contributed by atoms with Crippen molar-refractivity contribution in [1.82, 2.24) is 24.8 Å². The van der Waals surface area contributed by atoms with Crippen molar-refractivity contribution in [1.29, 1.82) is 0 Å². The van der Waals surface area contributed by atoms with Gasteiger partial charge in [-0.3, -0.25) is 9.69 Å². The van der Waals surface area contributed by atoms with Gasteiger partial charge < -0.3 is 14.8 Å². The summed E-state index contributed by atoms with van der Waals surface area (Å²) in [4.78, 5) is 32.0. The van der Waals surface area contributed by atoms with Gasteiger partial charge in [-0.2, -0.15) is 0 Å². The number of anilines is 1. The average Bonchev–Trinajstić information content (AvgIpc) is 3.45. The van der Waals surface area contributed by atoms with Crippen molar-refractivity contribution in [3.05, 3.63) is 18.6 Å². The maximum atomic E-state index is 12.8. The number of amides is 1. The van der Waals surface area contributed by atoms with Gasteiger partial charge >= 0.3 is 0 Å². The molecule has 2 aromatic rings. The monoisotopic (exact) mass is 382 g/mol. The van der Waals surface area contributed by atoms with Gasteiger partial charge in [0.15, 0.2) is 0 Å². The van der Waals surface area contributed by atoms with Crippen molar-refractivity contribution in [3.8, 4) is 0 Å². The highest BCUT2D eigenvalue weighted by Gasteiger charge is 2.34. The molecule has 0 spiro atoms. The smallest absolute Gasteiger partial charge is 0.226 e. The van der Waals surface area contributed by atoms with Crippen molar-refractivity contribution in [2.75, 3.05) is 44.2 Å². The molecular weight excluding hydrogens is 352 g/mol. The van der Waals surface area contributed by atoms with E-state index in [2.05, 4.69) is 35.7 Å². The standard InChI is InChI=1S/C21H30N6O/c28-21(26-9-1-2-10-26)16-4-3-11-27(14-16)17-6-12-25(13-7-17)20-18-5-8-22-19(18)23-15-24-20/h5,8,15-17H,1-4,6-7,9-14H2,(H,22,23,24)/t16-/m0/s1. The number of hydrogen-bond acceptors (Lipinski definition) is 5. The molecule has 7 heteroatoms. The molecule has 5 rings (SSSR count). The van der Waals surface area contributed by atoms with Crippen molar-refractivity contribution >= 4 is 22.8 Å². The fourth-order valence-corrected chi connectivity index (χ4v) is 5.29. The lowest BCUT2D eigenvalue weighted by molar-refractivity contribution is -0.136. The lowest BCUT2D eigenvalue weighted by Crippen LogP contribution is -2.51. The Kier molecular flexibility index (Phi) is 4.93. The Morgan fingerprint density at radius 2 is 1.82 bits per heavy atom. The highest BCUT2D eigenvalue weighted by atomic mass is 16.2. The maximum absolute atomic E-state index is 12.8. The Labute approximate surface area is 166 Å². The van der Waals surface area contributed by atoms with Crippen LogP contribution in [0.5, 0.6) is 0 Å². The minimum Gasteiger partial charge on any atom is -0.356 e. The number of likely N-dealkylation sites (tertiary alicyclic amines) is 2. The second-order valence-electron chi connectivity index (χ2n) is 8.52. The Bertz CT molecular complexity index is 821. The normalized spacial score (nSPS) is 24.9. The van der Waals surface area contributed by atoms with Gasteiger partial charge in [0.25, 0.3) is 0 Å². The molecule has 3 saturated heterocycles. The molecular formula is C21H30N6O. The van der Waals surface area contributed by atoms with Gasteiger partial charge in [0.05, 0.1) is 11.3 Å². The first-order valence-corrected chi connectivity index (χ1v) is 10.9. The number of rotatable bonds is 3. The molecule has 5 heterocycles. The highest BCUT2D eigenvalue weighted by Crippen LogP contribution is 2.29. The number of piperidine rings is 2. The number of carbonyl (C=O) groups excluding carboxylic acids is 1. The van der Waals surface area contributed by atoms with Crippen LogP contribution in [0.3, 0.4) is 0 Å². The molecule has 0 aromatic carbocycles. The van der Waals surface area contributed by atoms with Crippen LogP contribution in [-0.4, -0.2) is 76.0 Å². The molecule has 2 aromatic heterocycles. The van der Waals surface area contributed by atoms with E-state index >= 15 is 0 Å². The molecule has 0 radical (unpaired) electrons. The molecule has 150 valence electrons. The van der Waals surface area contributed by atoms with Crippen LogP contribution in [0.2, 0.25) is 0 Å². The fourth-order valence-electron chi connectivity index (χ4n) is 5.29. The molecule has 3 aliphatic heterocycles. The topological polar surface area (TPSA) is 68.4 Å². The van der Waals surface area contributed by atoms with Crippen molar-refractivity contribution < 1.29 is 4.79 Å². The van der Waals surface area contributed by atoms with Gasteiger partial charge in [-0.15, -0.1) is 0 Å². The van der Waals surface area contributed by atoms with E-state index in [0.29, 0.717) is 11.9 Å². The quantitative estimate of drug-likeness (QED) is 0.882. The van der Waals surface area contributed by atoms with Crippen molar-refractivity contribution in [2.24, 2.45) is 5.92 Å². The summed E-state index contributed by atoms with van der Waals surface area (Å²) in [5, 5.41) is 1.11. The largest absolute Gasteiger partial charge is 0.356 e. The summed E-state index contributed by atoms with van der Waals surface area (Å²) < 4.78 is 0. The zero-order chi connectivity index (χ0) is 18.9. The second-order valence-corrected chi connectivity index (χ2v) is 8.52. The van der Waals surface area contributed by atoms with Crippen LogP contribution in [-0.2, 0) is 4.79 Å². The van der Waals surface area contributed by atoms with Crippen LogP contribution in [0.15, 0.2) is 18.6 Å². The Morgan fingerprint density at radius 3 is 2.64 bits per heavy atom. The predicted molar refractivity (Wildman–Crippen MR) is 109 cm³/mol. The Balaban J connectivity index is 1.20. The first kappa shape index (κ1) is 17.9. The lowest BCUT2D eigenvalue weighted by atomic mass is 9.93. The zero-order valence-electron chi connectivity index (χ0n) is 16.5. The van der Waals surface area contributed by atoms with E-state index < -0.39 is 0 Å². The molecule has 0 unspecified atom stereocenters. The summed E-state index contributed by atoms with van der Waals surface area (Å²) in [6.45, 7) is 6.08. The third kappa shape index (κ3) is 3.36. The van der Waals surface area contributed by atoms with Crippen LogP contribution in [0.25, 0.3) is 11.0 Å². The summed E-state index contributed by atoms with van der Waals surface area (Å²) in [6.07, 6.45) is 10.4. The fraction of sp³-hybridized carbons (Fsp3) is 0.667. The van der Waals surface area contributed by atoms with Gasteiger partial charge in [-0.1, -0.05) is 0 Å². The van der Waals surface area contributed by atoms with Crippen LogP contribution in [0.1, 0.15) is 38.5 Å². The van der Waals surface area contributed by atoms with Crippen molar-refractivity contribution in [3.63, 3.8) is 0 Å². The van der Waals surface area contributed by atoms with Gasteiger partial charge in [-0.05, 0) is 51.1 Å². The SMILES string of the molecule is O=C([C@H]1CCCN(C2CCN(c3ncnc4[nH]ccc34)CC2)C1)N1CCCC1. The van der Waals surface area contributed by atoms with E-state index in [0.717, 1.165) is 81.8 Å². The molecule has 1 atom stereocenters. The number of H-pyrrole nitrogens is 1. The van der Waals surface area contributed by atoms with E-state index in [-0.39, 0.29) is 5.92 Å². The number of fused-ring (bicyclic) bond motifs is 1. The van der Waals surface area contributed by atoms with Gasteiger partial charge in [0.1, 0.15) is 17.8 Å². The van der Waals surface area contributed by atoms with Crippen molar-refractivity contribution in [2.45, 2.75) is 44.6 Å². The minimum absolute atomic E-state index is 0.214. The van der Waals surface area contributed by atoms with E-state index in [1.165, 1.54) is 12.8 Å². The van der Waals surface area contributed by atoms with Gasteiger partial charge in [0, 0.05) is 45.0 Å². The van der Waals surface area contributed by atoms with Gasteiger partial charge in [0.2, 0.25) is 5.91 Å². The van der Waals surface area contributed by atoms with Gasteiger partial charge in [-0.25, -0.2) is 9.97 Å².